The van der Waals surface area contributed by atoms with E-state index in [9.17, 15) is 19.7 Å². The summed E-state index contributed by atoms with van der Waals surface area (Å²) in [5, 5.41) is 11.4. The zero-order valence-electron chi connectivity index (χ0n) is 15.0. The second-order valence-corrected chi connectivity index (χ2v) is 5.66. The summed E-state index contributed by atoms with van der Waals surface area (Å²) in [5.74, 6) is -0.624. The molecule has 0 radical (unpaired) electrons. The molecule has 9 heteroatoms. The van der Waals surface area contributed by atoms with Crippen LogP contribution in [-0.4, -0.2) is 62.8 Å². The van der Waals surface area contributed by atoms with Gasteiger partial charge >= 0.3 is 0 Å². The van der Waals surface area contributed by atoms with Crippen LogP contribution in [0.25, 0.3) is 5.69 Å². The van der Waals surface area contributed by atoms with Crippen molar-refractivity contribution in [3.63, 3.8) is 0 Å². The summed E-state index contributed by atoms with van der Waals surface area (Å²) in [7, 11) is 1.50. The van der Waals surface area contributed by atoms with E-state index >= 15 is 0 Å². The minimum Gasteiger partial charge on any atom is -0.342 e. The van der Waals surface area contributed by atoms with Crippen LogP contribution in [-0.2, 0) is 4.79 Å². The topological polar surface area (TPSA) is 102 Å². The largest absolute Gasteiger partial charge is 0.342 e. The molecule has 0 aliphatic rings. The maximum atomic E-state index is 12.6. The number of hydrogen-bond donors (Lipinski definition) is 0. The molecule has 26 heavy (non-hydrogen) atoms. The number of benzene rings is 1. The molecule has 2 amide bonds. The third-order valence-electron chi connectivity index (χ3n) is 4.04. The van der Waals surface area contributed by atoms with Crippen molar-refractivity contribution in [3.8, 4) is 5.69 Å². The van der Waals surface area contributed by atoms with Gasteiger partial charge < -0.3 is 14.4 Å². The van der Waals surface area contributed by atoms with Gasteiger partial charge in [-0.2, -0.15) is 0 Å². The molecule has 2 aromatic rings. The highest BCUT2D eigenvalue weighted by molar-refractivity contribution is 5.97. The molecular formula is C17H21N5O4. The van der Waals surface area contributed by atoms with Crippen molar-refractivity contribution in [2.75, 3.05) is 26.7 Å². The molecule has 0 saturated heterocycles. The maximum absolute atomic E-state index is 12.6. The van der Waals surface area contributed by atoms with Crippen LogP contribution in [0, 0.1) is 10.1 Å². The average Bonchev–Trinajstić information content (AvgIpc) is 3.16. The van der Waals surface area contributed by atoms with Gasteiger partial charge in [0, 0.05) is 44.2 Å². The van der Waals surface area contributed by atoms with E-state index in [0.29, 0.717) is 18.8 Å². The molecule has 1 aromatic carbocycles. The van der Waals surface area contributed by atoms with Gasteiger partial charge in [-0.05, 0) is 26.0 Å². The Morgan fingerprint density at radius 2 is 1.96 bits per heavy atom. The lowest BCUT2D eigenvalue weighted by Crippen LogP contribution is -2.41. The van der Waals surface area contributed by atoms with Crippen molar-refractivity contribution in [2.45, 2.75) is 13.8 Å². The first-order chi connectivity index (χ1) is 12.4. The lowest BCUT2D eigenvalue weighted by Gasteiger charge is -2.23. The van der Waals surface area contributed by atoms with Gasteiger partial charge in [0.05, 0.1) is 17.8 Å². The van der Waals surface area contributed by atoms with E-state index in [-0.39, 0.29) is 23.7 Å². The summed E-state index contributed by atoms with van der Waals surface area (Å²) < 4.78 is 1.50. The van der Waals surface area contributed by atoms with Crippen molar-refractivity contribution in [1.82, 2.24) is 19.4 Å². The van der Waals surface area contributed by atoms with Crippen molar-refractivity contribution >= 4 is 17.5 Å². The summed E-state index contributed by atoms with van der Waals surface area (Å²) in [6, 6.07) is 4.21. The number of rotatable bonds is 7. The van der Waals surface area contributed by atoms with Crippen molar-refractivity contribution in [2.24, 2.45) is 0 Å². The number of carbonyl (C=O) groups excluding carboxylic acids is 2. The molecule has 0 aliphatic heterocycles. The number of nitrogens with zero attached hydrogens (tertiary/aromatic N) is 5. The zero-order chi connectivity index (χ0) is 19.3. The number of nitro groups is 1. The van der Waals surface area contributed by atoms with E-state index in [0.717, 1.165) is 0 Å². The third kappa shape index (κ3) is 4.05. The van der Waals surface area contributed by atoms with Crippen LogP contribution in [0.2, 0.25) is 0 Å². The monoisotopic (exact) mass is 359 g/mol. The summed E-state index contributed by atoms with van der Waals surface area (Å²) in [6.45, 7) is 4.76. The molecule has 0 fully saturated rings. The van der Waals surface area contributed by atoms with Crippen molar-refractivity contribution in [1.29, 1.82) is 0 Å². The molecule has 138 valence electrons. The Morgan fingerprint density at radius 1 is 1.27 bits per heavy atom. The Bertz CT molecular complexity index is 799. The van der Waals surface area contributed by atoms with Gasteiger partial charge in [0.2, 0.25) is 5.91 Å². The third-order valence-corrected chi connectivity index (χ3v) is 4.04. The van der Waals surface area contributed by atoms with E-state index in [4.69, 9.17) is 0 Å². The number of amides is 2. The first-order valence-electron chi connectivity index (χ1n) is 8.19. The highest BCUT2D eigenvalue weighted by atomic mass is 16.6. The second-order valence-electron chi connectivity index (χ2n) is 5.66. The van der Waals surface area contributed by atoms with E-state index in [1.807, 2.05) is 13.8 Å². The molecule has 2 rings (SSSR count). The fourth-order valence-corrected chi connectivity index (χ4v) is 2.59. The smallest absolute Gasteiger partial charge is 0.294 e. The highest BCUT2D eigenvalue weighted by Crippen LogP contribution is 2.24. The predicted octanol–water partition coefficient (Wildman–Crippen LogP) is 1.72. The molecular weight excluding hydrogens is 338 g/mol. The summed E-state index contributed by atoms with van der Waals surface area (Å²) in [4.78, 5) is 42.3. The normalized spacial score (nSPS) is 10.4. The number of aromatic nitrogens is 2. The number of nitro benzene ring substituents is 1. The fourth-order valence-electron chi connectivity index (χ4n) is 2.59. The molecule has 0 unspecified atom stereocenters. The number of hydrogen-bond acceptors (Lipinski definition) is 5. The molecule has 0 saturated carbocycles. The Labute approximate surface area is 151 Å². The predicted molar refractivity (Wildman–Crippen MR) is 95.1 cm³/mol. The molecule has 0 aliphatic carbocycles. The number of imidazole rings is 1. The van der Waals surface area contributed by atoms with Crippen molar-refractivity contribution < 1.29 is 14.5 Å². The van der Waals surface area contributed by atoms with Gasteiger partial charge in [0.1, 0.15) is 5.69 Å². The molecule has 0 N–H and O–H groups in total. The molecule has 1 aromatic heterocycles. The molecule has 1 heterocycles. The van der Waals surface area contributed by atoms with Crippen molar-refractivity contribution in [3.05, 3.63) is 52.6 Å². The average molecular weight is 359 g/mol. The quantitative estimate of drug-likeness (QED) is 0.553. The van der Waals surface area contributed by atoms with E-state index in [1.165, 1.54) is 47.2 Å². The summed E-state index contributed by atoms with van der Waals surface area (Å²) >= 11 is 0. The molecule has 0 spiro atoms. The van der Waals surface area contributed by atoms with Crippen LogP contribution >= 0.6 is 0 Å². The van der Waals surface area contributed by atoms with Gasteiger partial charge in [-0.15, -0.1) is 0 Å². The Morgan fingerprint density at radius 3 is 2.50 bits per heavy atom. The molecule has 9 nitrogen and oxygen atoms in total. The first-order valence-corrected chi connectivity index (χ1v) is 8.19. The van der Waals surface area contributed by atoms with Gasteiger partial charge in [-0.25, -0.2) is 4.98 Å². The van der Waals surface area contributed by atoms with E-state index in [2.05, 4.69) is 4.98 Å². The minimum atomic E-state index is -0.548. The SMILES string of the molecule is CCN(CC)C(=O)CN(C)C(=O)c1ccc(-n2ccnc2)c([N+](=O)[O-])c1. The van der Waals surface area contributed by atoms with E-state index in [1.54, 1.807) is 11.1 Å². The lowest BCUT2D eigenvalue weighted by molar-refractivity contribution is -0.384. The Balaban J connectivity index is 2.25. The van der Waals surface area contributed by atoms with Crippen LogP contribution in [0.3, 0.4) is 0 Å². The van der Waals surface area contributed by atoms with Gasteiger partial charge in [0.15, 0.2) is 0 Å². The van der Waals surface area contributed by atoms with Gasteiger partial charge in [0.25, 0.3) is 11.6 Å². The standard InChI is InChI=1S/C17H21N5O4/c1-4-20(5-2)16(23)11-19(3)17(24)13-6-7-14(15(10-13)22(25)26)21-9-8-18-12-21/h6-10,12H,4-5,11H2,1-3H3. The van der Waals surface area contributed by atoms with Gasteiger partial charge in [-0.1, -0.05) is 0 Å². The first kappa shape index (κ1) is 19.1. The Kier molecular flexibility index (Phi) is 6.05. The lowest BCUT2D eigenvalue weighted by atomic mass is 10.1. The van der Waals surface area contributed by atoms with Crippen LogP contribution < -0.4 is 0 Å². The summed E-state index contributed by atoms with van der Waals surface area (Å²) in [5.41, 5.74) is 0.249. The number of carbonyl (C=O) groups is 2. The minimum absolute atomic E-state index is 0.0857. The van der Waals surface area contributed by atoms with Crippen LogP contribution in [0.5, 0.6) is 0 Å². The van der Waals surface area contributed by atoms with Crippen LogP contribution in [0.4, 0.5) is 5.69 Å². The molecule has 0 atom stereocenters. The van der Waals surface area contributed by atoms with Gasteiger partial charge in [-0.3, -0.25) is 19.7 Å². The summed E-state index contributed by atoms with van der Waals surface area (Å²) in [6.07, 6.45) is 4.53. The zero-order valence-corrected chi connectivity index (χ0v) is 15.0. The highest BCUT2D eigenvalue weighted by Gasteiger charge is 2.22. The molecule has 0 bridgehead atoms. The van der Waals surface area contributed by atoms with Crippen LogP contribution in [0.1, 0.15) is 24.2 Å². The van der Waals surface area contributed by atoms with Crippen LogP contribution in [0.15, 0.2) is 36.9 Å². The fraction of sp³-hybridized carbons (Fsp3) is 0.353. The van der Waals surface area contributed by atoms with E-state index < -0.39 is 10.8 Å². The maximum Gasteiger partial charge on any atom is 0.294 e. The Hall–Kier alpha value is -3.23. The number of likely N-dealkylation sites (N-methyl/N-ethyl adjacent to an activating group) is 2. The second kappa shape index (κ2) is 8.24.